The number of nitrogens with zero attached hydrogens (tertiary/aromatic N) is 4. The number of anilines is 1. The van der Waals surface area contributed by atoms with Crippen LogP contribution in [0.1, 0.15) is 49.8 Å². The van der Waals surface area contributed by atoms with Crippen molar-refractivity contribution in [2.45, 2.75) is 56.7 Å². The molecule has 0 amide bonds. The van der Waals surface area contributed by atoms with Crippen molar-refractivity contribution in [1.82, 2.24) is 19.7 Å². The Morgan fingerprint density at radius 2 is 1.84 bits per heavy atom. The summed E-state index contributed by atoms with van der Waals surface area (Å²) >= 11 is 0. The molecule has 4 fully saturated rings. The number of halogens is 2. The van der Waals surface area contributed by atoms with Gasteiger partial charge >= 0.3 is 6.61 Å². The zero-order valence-corrected chi connectivity index (χ0v) is 18.0. The minimum atomic E-state index is -2.94. The van der Waals surface area contributed by atoms with Crippen molar-refractivity contribution in [2.75, 3.05) is 32.0 Å². The van der Waals surface area contributed by atoms with Gasteiger partial charge in [0.05, 0.1) is 24.9 Å². The van der Waals surface area contributed by atoms with Crippen molar-refractivity contribution in [3.8, 4) is 17.0 Å². The highest BCUT2D eigenvalue weighted by molar-refractivity contribution is 5.64. The van der Waals surface area contributed by atoms with Crippen LogP contribution in [0.15, 0.2) is 18.3 Å². The first-order chi connectivity index (χ1) is 15.6. The van der Waals surface area contributed by atoms with Crippen molar-refractivity contribution in [3.63, 3.8) is 0 Å². The number of alkyl halides is 2. The summed E-state index contributed by atoms with van der Waals surface area (Å²) in [7, 11) is 0. The molecule has 9 heteroatoms. The first-order valence-electron chi connectivity index (χ1n) is 11.7. The molecule has 1 saturated heterocycles. The number of nitrogen functional groups attached to an aromatic ring is 1. The van der Waals surface area contributed by atoms with E-state index >= 15 is 0 Å². The number of morpholine rings is 1. The minimum Gasteiger partial charge on any atom is -0.431 e. The number of fused-ring (bicyclic) bond motifs is 1. The summed E-state index contributed by atoms with van der Waals surface area (Å²) in [5, 5.41) is 4.92. The lowest BCUT2D eigenvalue weighted by Gasteiger charge is -2.33. The summed E-state index contributed by atoms with van der Waals surface area (Å²) in [5.41, 5.74) is 8.43. The SMILES string of the molecule is Nc1ncc(-c2cc([C@@H]3[C@@H]4C[C@@H](N5CCOCC5)C[C@@H]43)n(C3CCC3)n2)cc1OC(F)F. The third kappa shape index (κ3) is 3.55. The van der Waals surface area contributed by atoms with Gasteiger partial charge in [-0.2, -0.15) is 13.9 Å². The molecule has 2 aromatic rings. The number of nitrogens with two attached hydrogens (primary N) is 1. The second-order valence-corrected chi connectivity index (χ2v) is 9.60. The van der Waals surface area contributed by atoms with Crippen molar-refractivity contribution in [1.29, 1.82) is 0 Å². The number of rotatable bonds is 6. The smallest absolute Gasteiger partial charge is 0.387 e. The van der Waals surface area contributed by atoms with E-state index in [4.69, 9.17) is 15.6 Å². The molecule has 2 N–H and O–H groups in total. The van der Waals surface area contributed by atoms with Gasteiger partial charge in [-0.05, 0) is 56.1 Å². The molecule has 4 aliphatic rings. The summed E-state index contributed by atoms with van der Waals surface area (Å²) in [4.78, 5) is 6.66. The fourth-order valence-electron chi connectivity index (χ4n) is 6.00. The van der Waals surface area contributed by atoms with Crippen LogP contribution in [0.2, 0.25) is 0 Å². The van der Waals surface area contributed by atoms with Gasteiger partial charge in [-0.1, -0.05) is 0 Å². The molecule has 4 atom stereocenters. The number of hydrogen-bond acceptors (Lipinski definition) is 6. The predicted octanol–water partition coefficient (Wildman–Crippen LogP) is 3.68. The van der Waals surface area contributed by atoms with Crippen LogP contribution in [0.3, 0.4) is 0 Å². The van der Waals surface area contributed by atoms with Crippen LogP contribution in [-0.2, 0) is 4.74 Å². The second kappa shape index (κ2) is 7.95. The summed E-state index contributed by atoms with van der Waals surface area (Å²) in [6, 6.07) is 4.78. The molecule has 3 saturated carbocycles. The molecule has 3 heterocycles. The summed E-state index contributed by atoms with van der Waals surface area (Å²) < 4.78 is 37.8. The highest BCUT2D eigenvalue weighted by atomic mass is 19.3. The van der Waals surface area contributed by atoms with Crippen LogP contribution < -0.4 is 10.5 Å². The van der Waals surface area contributed by atoms with Crippen LogP contribution in [-0.4, -0.2) is 58.6 Å². The van der Waals surface area contributed by atoms with Crippen molar-refractivity contribution in [2.24, 2.45) is 11.8 Å². The van der Waals surface area contributed by atoms with E-state index in [9.17, 15) is 8.78 Å². The van der Waals surface area contributed by atoms with Crippen LogP contribution >= 0.6 is 0 Å². The van der Waals surface area contributed by atoms with Gasteiger partial charge in [-0.3, -0.25) is 9.58 Å². The molecule has 0 unspecified atom stereocenters. The lowest BCUT2D eigenvalue weighted by atomic mass is 9.92. The third-order valence-corrected chi connectivity index (χ3v) is 7.90. The number of pyridine rings is 1. The van der Waals surface area contributed by atoms with Gasteiger partial charge in [0, 0.05) is 42.5 Å². The number of ether oxygens (including phenoxy) is 2. The first-order valence-corrected chi connectivity index (χ1v) is 11.7. The van der Waals surface area contributed by atoms with Crippen LogP contribution in [0.25, 0.3) is 11.3 Å². The van der Waals surface area contributed by atoms with Gasteiger partial charge in [-0.15, -0.1) is 0 Å². The molecule has 0 aromatic carbocycles. The zero-order valence-electron chi connectivity index (χ0n) is 18.0. The van der Waals surface area contributed by atoms with E-state index in [0.29, 0.717) is 35.4 Å². The first kappa shape index (κ1) is 20.4. The third-order valence-electron chi connectivity index (χ3n) is 7.90. The molecule has 2 aromatic heterocycles. The minimum absolute atomic E-state index is 0.0430. The fourth-order valence-corrected chi connectivity index (χ4v) is 6.00. The molecule has 7 nitrogen and oxygen atoms in total. The standard InChI is InChI=1S/C23H29F2N5O2/c24-23(25)32-20-8-13(12-27-22(20)26)18-11-19(30(28-18)14-2-1-3-14)21-16-9-15(10-17(16)21)29-4-6-31-7-5-29/h8,11-12,14-17,21,23H,1-7,9-10H2,(H2,26,27)/t15-,16-,17+,21-. The average Bonchev–Trinajstić information content (AvgIpc) is 3.09. The Kier molecular flexibility index (Phi) is 5.06. The zero-order chi connectivity index (χ0) is 21.8. The molecule has 0 bridgehead atoms. The molecule has 0 radical (unpaired) electrons. The number of hydrogen-bond donors (Lipinski definition) is 1. The van der Waals surface area contributed by atoms with E-state index in [0.717, 1.165) is 44.8 Å². The normalized spacial score (nSPS) is 30.3. The van der Waals surface area contributed by atoms with E-state index in [1.807, 2.05) is 0 Å². The lowest BCUT2D eigenvalue weighted by Crippen LogP contribution is -2.43. The number of aromatic nitrogens is 3. The monoisotopic (exact) mass is 445 g/mol. The maximum atomic E-state index is 12.7. The summed E-state index contributed by atoms with van der Waals surface area (Å²) in [5.74, 6) is 1.84. The lowest BCUT2D eigenvalue weighted by molar-refractivity contribution is -0.0494. The predicted molar refractivity (Wildman–Crippen MR) is 115 cm³/mol. The molecule has 172 valence electrons. The Balaban J connectivity index is 1.24. The Hall–Kier alpha value is -2.26. The van der Waals surface area contributed by atoms with E-state index in [1.165, 1.54) is 31.0 Å². The molecule has 3 aliphatic carbocycles. The van der Waals surface area contributed by atoms with Gasteiger partial charge in [-0.25, -0.2) is 4.98 Å². The highest BCUT2D eigenvalue weighted by Crippen LogP contribution is 2.64. The molecule has 1 aliphatic heterocycles. The van der Waals surface area contributed by atoms with Gasteiger partial charge in [0.15, 0.2) is 11.6 Å². The van der Waals surface area contributed by atoms with Crippen LogP contribution in [0.4, 0.5) is 14.6 Å². The molecular weight excluding hydrogens is 416 g/mol. The summed E-state index contributed by atoms with van der Waals surface area (Å²) in [6.07, 6.45) is 7.60. The fraction of sp³-hybridized carbons (Fsp3) is 0.652. The Morgan fingerprint density at radius 1 is 1.09 bits per heavy atom. The molecule has 6 rings (SSSR count). The topological polar surface area (TPSA) is 78.4 Å². The van der Waals surface area contributed by atoms with E-state index in [1.54, 1.807) is 6.20 Å². The average molecular weight is 446 g/mol. The highest BCUT2D eigenvalue weighted by Gasteiger charge is 2.58. The van der Waals surface area contributed by atoms with Crippen molar-refractivity contribution < 1.29 is 18.3 Å². The van der Waals surface area contributed by atoms with Gasteiger partial charge in [0.2, 0.25) is 0 Å². The van der Waals surface area contributed by atoms with E-state index in [-0.39, 0.29) is 11.6 Å². The van der Waals surface area contributed by atoms with E-state index < -0.39 is 6.61 Å². The maximum absolute atomic E-state index is 12.7. The van der Waals surface area contributed by atoms with E-state index in [2.05, 4.69) is 25.4 Å². The van der Waals surface area contributed by atoms with Gasteiger partial charge in [0.1, 0.15) is 0 Å². The second-order valence-electron chi connectivity index (χ2n) is 9.60. The Morgan fingerprint density at radius 3 is 2.50 bits per heavy atom. The van der Waals surface area contributed by atoms with Crippen LogP contribution in [0.5, 0.6) is 5.75 Å². The molecular formula is C23H29F2N5O2. The quantitative estimate of drug-likeness (QED) is 0.731. The Labute approximate surface area is 185 Å². The molecule has 32 heavy (non-hydrogen) atoms. The van der Waals surface area contributed by atoms with Crippen molar-refractivity contribution in [3.05, 3.63) is 24.0 Å². The Bertz CT molecular complexity index is 977. The molecule has 0 spiro atoms. The summed E-state index contributed by atoms with van der Waals surface area (Å²) in [6.45, 7) is 0.848. The van der Waals surface area contributed by atoms with Gasteiger partial charge < -0.3 is 15.2 Å². The van der Waals surface area contributed by atoms with Crippen LogP contribution in [0, 0.1) is 11.8 Å². The maximum Gasteiger partial charge on any atom is 0.387 e. The van der Waals surface area contributed by atoms with Crippen molar-refractivity contribution >= 4 is 5.82 Å². The largest absolute Gasteiger partial charge is 0.431 e. The van der Waals surface area contributed by atoms with Gasteiger partial charge in [0.25, 0.3) is 0 Å².